The third-order valence-corrected chi connectivity index (χ3v) is 7.00. The predicted octanol–water partition coefficient (Wildman–Crippen LogP) is 3.14. The minimum Gasteiger partial charge on any atom is -0.243 e. The molecule has 0 amide bonds. The van der Waals surface area contributed by atoms with E-state index in [9.17, 15) is 8.42 Å². The van der Waals surface area contributed by atoms with Gasteiger partial charge < -0.3 is 0 Å². The lowest BCUT2D eigenvalue weighted by atomic mass is 10.1. The lowest BCUT2D eigenvalue weighted by Gasteiger charge is -2.10. The van der Waals surface area contributed by atoms with Crippen LogP contribution in [0, 0.1) is 13.8 Å². The molecular formula is C16H17N3O2S2. The average Bonchev–Trinajstić information content (AvgIpc) is 3.18. The molecule has 7 heteroatoms. The van der Waals surface area contributed by atoms with Crippen molar-refractivity contribution >= 4 is 32.2 Å². The van der Waals surface area contributed by atoms with Crippen molar-refractivity contribution in [2.45, 2.75) is 26.3 Å². The van der Waals surface area contributed by atoms with Gasteiger partial charge in [0.15, 0.2) is 15.5 Å². The lowest BCUT2D eigenvalue weighted by Crippen LogP contribution is -2.13. The molecule has 1 saturated heterocycles. The maximum Gasteiger partial charge on any atom is 0.159 e. The normalized spacial score (nSPS) is 20.3. The molecule has 1 unspecified atom stereocenters. The van der Waals surface area contributed by atoms with Crippen LogP contribution in [0.2, 0.25) is 0 Å². The van der Waals surface area contributed by atoms with E-state index in [0.29, 0.717) is 6.42 Å². The molecule has 5 nitrogen and oxygen atoms in total. The molecule has 1 aliphatic rings. The molecule has 1 aliphatic heterocycles. The van der Waals surface area contributed by atoms with Gasteiger partial charge in [0, 0.05) is 5.39 Å². The molecule has 0 radical (unpaired) electrons. The van der Waals surface area contributed by atoms with Crippen LogP contribution in [-0.4, -0.2) is 34.7 Å². The topological polar surface area (TPSA) is 64.8 Å². The van der Waals surface area contributed by atoms with Gasteiger partial charge in [0.1, 0.15) is 0 Å². The summed E-state index contributed by atoms with van der Waals surface area (Å²) in [4.78, 5) is 5.92. The van der Waals surface area contributed by atoms with E-state index in [1.807, 2.05) is 29.1 Å². The Bertz CT molecular complexity index is 988. The smallest absolute Gasteiger partial charge is 0.159 e. The molecule has 4 heterocycles. The second-order valence-electron chi connectivity index (χ2n) is 6.09. The summed E-state index contributed by atoms with van der Waals surface area (Å²) in [6, 6.07) is 6.03. The van der Waals surface area contributed by atoms with Gasteiger partial charge in [0.2, 0.25) is 0 Å². The molecule has 0 spiro atoms. The molecule has 3 aromatic heterocycles. The summed E-state index contributed by atoms with van der Waals surface area (Å²) in [7, 11) is -2.95. The zero-order chi connectivity index (χ0) is 16.2. The zero-order valence-corrected chi connectivity index (χ0v) is 14.6. The first-order valence-corrected chi connectivity index (χ1v) is 10.3. The summed E-state index contributed by atoms with van der Waals surface area (Å²) >= 11 is 1.65. The average molecular weight is 347 g/mol. The van der Waals surface area contributed by atoms with Gasteiger partial charge in [0.25, 0.3) is 0 Å². The standard InChI is InChI=1S/C16H17N3O2S2/c1-10-8-13(14-4-3-6-22-14)17-16-15(10)11(2)18-19(16)12-5-7-23(20,21)9-12/h3-4,6,8,12H,5,7,9H2,1-2H3. The Morgan fingerprint density at radius 2 is 2.17 bits per heavy atom. The highest BCUT2D eigenvalue weighted by Gasteiger charge is 2.31. The molecule has 0 aromatic carbocycles. The van der Waals surface area contributed by atoms with E-state index < -0.39 is 9.84 Å². The summed E-state index contributed by atoms with van der Waals surface area (Å²) in [5.41, 5.74) is 3.76. The van der Waals surface area contributed by atoms with Crippen molar-refractivity contribution in [2.75, 3.05) is 11.5 Å². The van der Waals surface area contributed by atoms with E-state index in [2.05, 4.69) is 18.1 Å². The molecule has 1 fully saturated rings. The first-order valence-electron chi connectivity index (χ1n) is 7.55. The highest BCUT2D eigenvalue weighted by Crippen LogP contribution is 2.32. The number of rotatable bonds is 2. The minimum atomic E-state index is -2.95. The van der Waals surface area contributed by atoms with Gasteiger partial charge in [-0.25, -0.2) is 18.1 Å². The summed E-state index contributed by atoms with van der Waals surface area (Å²) in [5, 5.41) is 7.68. The molecule has 23 heavy (non-hydrogen) atoms. The Labute approximate surface area is 138 Å². The summed E-state index contributed by atoms with van der Waals surface area (Å²) in [5.74, 6) is 0.398. The number of thiophene rings is 1. The highest BCUT2D eigenvalue weighted by molar-refractivity contribution is 7.91. The van der Waals surface area contributed by atoms with E-state index in [4.69, 9.17) is 4.98 Å². The van der Waals surface area contributed by atoms with Crippen molar-refractivity contribution in [3.8, 4) is 10.6 Å². The minimum absolute atomic E-state index is 0.110. The van der Waals surface area contributed by atoms with E-state index in [1.54, 1.807) is 11.3 Å². The zero-order valence-electron chi connectivity index (χ0n) is 13.0. The fourth-order valence-corrected chi connectivity index (χ4v) is 5.68. The largest absolute Gasteiger partial charge is 0.243 e. The van der Waals surface area contributed by atoms with Crippen LogP contribution in [0.3, 0.4) is 0 Å². The fraction of sp³-hybridized carbons (Fsp3) is 0.375. The Balaban J connectivity index is 1.92. The van der Waals surface area contributed by atoms with Crippen LogP contribution < -0.4 is 0 Å². The molecule has 0 N–H and O–H groups in total. The van der Waals surface area contributed by atoms with Gasteiger partial charge in [0.05, 0.1) is 33.8 Å². The van der Waals surface area contributed by atoms with Gasteiger partial charge in [-0.3, -0.25) is 0 Å². The number of hydrogen-bond acceptors (Lipinski definition) is 5. The van der Waals surface area contributed by atoms with Crippen LogP contribution in [0.5, 0.6) is 0 Å². The Kier molecular flexibility index (Phi) is 3.32. The van der Waals surface area contributed by atoms with Crippen molar-refractivity contribution < 1.29 is 8.42 Å². The predicted molar refractivity (Wildman–Crippen MR) is 92.6 cm³/mol. The lowest BCUT2D eigenvalue weighted by molar-refractivity contribution is 0.509. The first kappa shape index (κ1) is 14.8. The summed E-state index contributed by atoms with van der Waals surface area (Å²) in [6.07, 6.45) is 0.614. The number of fused-ring (bicyclic) bond motifs is 1. The quantitative estimate of drug-likeness (QED) is 0.714. The number of aryl methyl sites for hydroxylation is 2. The maximum atomic E-state index is 11.8. The van der Waals surface area contributed by atoms with Crippen molar-refractivity contribution in [1.82, 2.24) is 14.8 Å². The molecule has 0 saturated carbocycles. The fourth-order valence-electron chi connectivity index (χ4n) is 3.30. The van der Waals surface area contributed by atoms with Gasteiger partial charge in [-0.15, -0.1) is 11.3 Å². The molecule has 120 valence electrons. The molecule has 1 atom stereocenters. The number of aromatic nitrogens is 3. The van der Waals surface area contributed by atoms with E-state index in [-0.39, 0.29) is 17.5 Å². The van der Waals surface area contributed by atoms with Crippen LogP contribution in [0.1, 0.15) is 23.7 Å². The number of sulfone groups is 1. The van der Waals surface area contributed by atoms with Crippen molar-refractivity contribution in [2.24, 2.45) is 0 Å². The molecule has 0 aliphatic carbocycles. The Morgan fingerprint density at radius 1 is 1.35 bits per heavy atom. The van der Waals surface area contributed by atoms with Crippen molar-refractivity contribution in [3.05, 3.63) is 34.8 Å². The third kappa shape index (κ3) is 2.48. The van der Waals surface area contributed by atoms with Crippen LogP contribution in [0.25, 0.3) is 21.6 Å². The Morgan fingerprint density at radius 3 is 2.83 bits per heavy atom. The first-order chi connectivity index (χ1) is 10.9. The highest BCUT2D eigenvalue weighted by atomic mass is 32.2. The van der Waals surface area contributed by atoms with Crippen molar-refractivity contribution in [1.29, 1.82) is 0 Å². The second-order valence-corrected chi connectivity index (χ2v) is 9.26. The van der Waals surface area contributed by atoms with Gasteiger partial charge in [-0.2, -0.15) is 5.10 Å². The Hall–Kier alpha value is -1.73. The number of nitrogens with zero attached hydrogens (tertiary/aromatic N) is 3. The molecule has 3 aromatic rings. The van der Waals surface area contributed by atoms with E-state index in [0.717, 1.165) is 32.9 Å². The summed E-state index contributed by atoms with van der Waals surface area (Å²) < 4.78 is 25.5. The third-order valence-electron chi connectivity index (χ3n) is 4.36. The van der Waals surface area contributed by atoms with Crippen LogP contribution in [0.15, 0.2) is 23.6 Å². The summed E-state index contributed by atoms with van der Waals surface area (Å²) in [6.45, 7) is 4.02. The SMILES string of the molecule is Cc1cc(-c2cccs2)nc2c1c(C)nn2C1CCS(=O)(=O)C1. The van der Waals surface area contributed by atoms with Gasteiger partial charge in [-0.1, -0.05) is 6.07 Å². The number of hydrogen-bond donors (Lipinski definition) is 0. The van der Waals surface area contributed by atoms with Crippen molar-refractivity contribution in [3.63, 3.8) is 0 Å². The molecule has 4 rings (SSSR count). The molecular weight excluding hydrogens is 330 g/mol. The monoisotopic (exact) mass is 347 g/mol. The van der Waals surface area contributed by atoms with Crippen LogP contribution in [0.4, 0.5) is 0 Å². The van der Waals surface area contributed by atoms with Gasteiger partial charge in [-0.05, 0) is 43.3 Å². The van der Waals surface area contributed by atoms with Crippen LogP contribution >= 0.6 is 11.3 Å². The molecule has 0 bridgehead atoms. The maximum absolute atomic E-state index is 11.8. The van der Waals surface area contributed by atoms with Crippen LogP contribution in [-0.2, 0) is 9.84 Å². The van der Waals surface area contributed by atoms with Gasteiger partial charge >= 0.3 is 0 Å². The van der Waals surface area contributed by atoms with E-state index >= 15 is 0 Å². The van der Waals surface area contributed by atoms with E-state index in [1.165, 1.54) is 0 Å². The second kappa shape index (κ2) is 5.14. The number of pyridine rings is 1.